The number of amides is 2. The van der Waals surface area contributed by atoms with Crippen LogP contribution in [0.2, 0.25) is 0 Å². The van der Waals surface area contributed by atoms with Gasteiger partial charge in [0.1, 0.15) is 15.6 Å². The molecule has 2 amide bonds. The number of carbonyl (C=O) groups is 3. The molecule has 1 aromatic heterocycles. The molecule has 2 N–H and O–H groups in total. The van der Waals surface area contributed by atoms with E-state index in [-0.39, 0.29) is 50.6 Å². The number of ether oxygens (including phenoxy) is 1. The molecule has 226 valence electrons. The first-order chi connectivity index (χ1) is 20.1. The van der Waals surface area contributed by atoms with Gasteiger partial charge in [-0.15, -0.1) is 11.3 Å². The van der Waals surface area contributed by atoms with Crippen molar-refractivity contribution in [1.82, 2.24) is 4.90 Å². The number of rotatable bonds is 7. The summed E-state index contributed by atoms with van der Waals surface area (Å²) >= 11 is 7.18. The highest BCUT2D eigenvalue weighted by atomic mass is 32.2. The summed E-state index contributed by atoms with van der Waals surface area (Å²) in [6.45, 7) is -0.0970. The van der Waals surface area contributed by atoms with Gasteiger partial charge in [0.15, 0.2) is 0 Å². The van der Waals surface area contributed by atoms with E-state index in [1.807, 2.05) is 0 Å². The Morgan fingerprint density at radius 2 is 1.67 bits per heavy atom. The molecule has 2 heterocycles. The number of hydrogen-bond acceptors (Lipinski definition) is 8. The summed E-state index contributed by atoms with van der Waals surface area (Å²) in [7, 11) is 1.15. The average Bonchev–Trinajstić information content (AvgIpc) is 3.49. The molecule has 1 aliphatic rings. The fourth-order valence-corrected chi connectivity index (χ4v) is 6.07. The number of esters is 1. The van der Waals surface area contributed by atoms with Crippen LogP contribution in [0.1, 0.15) is 32.8 Å². The molecule has 0 atom stereocenters. The van der Waals surface area contributed by atoms with E-state index in [1.165, 1.54) is 34.6 Å². The third-order valence-electron chi connectivity index (χ3n) is 5.94. The number of methoxy groups -OCH3 is 1. The van der Waals surface area contributed by atoms with Gasteiger partial charge in [-0.1, -0.05) is 24.0 Å². The minimum Gasteiger partial charge on any atom is -0.507 e. The van der Waals surface area contributed by atoms with Crippen molar-refractivity contribution in [2.45, 2.75) is 18.8 Å². The molecule has 2 aromatic carbocycles. The predicted octanol–water partition coefficient (Wildman–Crippen LogP) is 7.17. The number of nitrogens with zero attached hydrogens (tertiary/aromatic N) is 1. The Balaban J connectivity index is 1.44. The molecular formula is C27H18F6N2O5S3. The van der Waals surface area contributed by atoms with Crippen LogP contribution in [0.4, 0.5) is 32.0 Å². The lowest BCUT2D eigenvalue weighted by molar-refractivity contribution is -0.143. The summed E-state index contributed by atoms with van der Waals surface area (Å²) in [4.78, 5) is 38.7. The van der Waals surface area contributed by atoms with Crippen molar-refractivity contribution in [3.63, 3.8) is 0 Å². The van der Waals surface area contributed by atoms with Gasteiger partial charge in [-0.3, -0.25) is 14.5 Å². The number of nitrogens with one attached hydrogen (secondary N) is 1. The molecule has 0 bridgehead atoms. The van der Waals surface area contributed by atoms with Crippen LogP contribution in [0.25, 0.3) is 17.2 Å². The van der Waals surface area contributed by atoms with Gasteiger partial charge in [0.2, 0.25) is 5.91 Å². The van der Waals surface area contributed by atoms with Crippen LogP contribution in [-0.4, -0.2) is 45.8 Å². The highest BCUT2D eigenvalue weighted by Gasteiger charge is 2.37. The van der Waals surface area contributed by atoms with Crippen LogP contribution in [0, 0.1) is 0 Å². The van der Waals surface area contributed by atoms with E-state index in [0.29, 0.717) is 17.0 Å². The van der Waals surface area contributed by atoms with E-state index in [9.17, 15) is 45.8 Å². The number of phenolic OH excluding ortho intramolecular Hbond substituents is 1. The Morgan fingerprint density at radius 3 is 2.26 bits per heavy atom. The molecule has 1 aliphatic heterocycles. The number of thiophene rings is 1. The standard InChI is InChI=1S/C27H18F6N2O5S3/c1-40-24(39)19-3-2-17(10-20(19)36)34-22(37)4-5-35-23(38)21(43-25(35)41)11-18-8-14(12-42-18)13-6-15(26(28,29)30)9-16(7-13)27(31,32)33/h2-3,6-12,36H,4-5H2,1H3,(H,34,37)/b21-11-. The number of phenols is 1. The fraction of sp³-hybridized carbons (Fsp3) is 0.185. The monoisotopic (exact) mass is 660 g/mol. The summed E-state index contributed by atoms with van der Waals surface area (Å²) < 4.78 is 84.2. The van der Waals surface area contributed by atoms with Crippen LogP contribution < -0.4 is 5.32 Å². The first-order valence-corrected chi connectivity index (χ1v) is 14.0. The zero-order valence-corrected chi connectivity index (χ0v) is 24.1. The maximum atomic E-state index is 13.3. The Hall–Kier alpha value is -3.89. The third-order valence-corrected chi connectivity index (χ3v) is 8.19. The smallest absolute Gasteiger partial charge is 0.416 e. The van der Waals surface area contributed by atoms with Crippen molar-refractivity contribution >= 4 is 69.2 Å². The highest BCUT2D eigenvalue weighted by Crippen LogP contribution is 2.40. The van der Waals surface area contributed by atoms with Crippen molar-refractivity contribution < 1.29 is 50.6 Å². The SMILES string of the molecule is COC(=O)c1ccc(NC(=O)CCN2C(=O)/C(=C/c3cc(-c4cc(C(F)(F)F)cc(C(F)(F)F)c4)cs3)SC2=S)cc1O. The number of benzene rings is 2. The van der Waals surface area contributed by atoms with Crippen molar-refractivity contribution in [2.75, 3.05) is 19.0 Å². The Labute approximate surface area is 253 Å². The van der Waals surface area contributed by atoms with E-state index in [4.69, 9.17) is 12.2 Å². The topological polar surface area (TPSA) is 95.9 Å². The van der Waals surface area contributed by atoms with Crippen molar-refractivity contribution in [3.05, 3.63) is 74.3 Å². The second kappa shape index (κ2) is 12.4. The molecule has 0 aliphatic carbocycles. The Kier molecular flexibility index (Phi) is 9.22. The molecule has 3 aromatic rings. The number of carbonyl (C=O) groups excluding carboxylic acids is 3. The molecular weight excluding hydrogens is 642 g/mol. The molecule has 0 unspecified atom stereocenters. The van der Waals surface area contributed by atoms with Crippen LogP contribution in [0.5, 0.6) is 5.75 Å². The van der Waals surface area contributed by atoms with Gasteiger partial charge < -0.3 is 15.2 Å². The molecule has 1 saturated heterocycles. The summed E-state index contributed by atoms with van der Waals surface area (Å²) in [6, 6.07) is 6.47. The van der Waals surface area contributed by atoms with Crippen molar-refractivity contribution in [2.24, 2.45) is 0 Å². The number of anilines is 1. The molecule has 7 nitrogen and oxygen atoms in total. The zero-order valence-electron chi connectivity index (χ0n) is 21.6. The zero-order chi connectivity index (χ0) is 31.7. The number of alkyl halides is 6. The summed E-state index contributed by atoms with van der Waals surface area (Å²) in [5, 5.41) is 13.9. The molecule has 16 heteroatoms. The van der Waals surface area contributed by atoms with Gasteiger partial charge in [0.05, 0.1) is 23.1 Å². The normalized spacial score (nSPS) is 14.9. The molecule has 0 saturated carbocycles. The number of halogens is 6. The Morgan fingerprint density at radius 1 is 1.02 bits per heavy atom. The van der Waals surface area contributed by atoms with Crippen molar-refractivity contribution in [3.8, 4) is 16.9 Å². The van der Waals surface area contributed by atoms with Crippen LogP contribution in [-0.2, 0) is 26.7 Å². The maximum Gasteiger partial charge on any atom is 0.416 e. The van der Waals surface area contributed by atoms with E-state index < -0.39 is 47.0 Å². The van der Waals surface area contributed by atoms with Gasteiger partial charge in [-0.2, -0.15) is 26.3 Å². The van der Waals surface area contributed by atoms with Gasteiger partial charge in [-0.05, 0) is 59.0 Å². The Bertz CT molecular complexity index is 1620. The van der Waals surface area contributed by atoms with Crippen LogP contribution in [0.15, 0.2) is 52.7 Å². The van der Waals surface area contributed by atoms with Crippen molar-refractivity contribution in [1.29, 1.82) is 0 Å². The first kappa shape index (κ1) is 32.0. The average molecular weight is 661 g/mol. The molecule has 1 fully saturated rings. The molecule has 0 spiro atoms. The van der Waals surface area contributed by atoms with E-state index in [1.54, 1.807) is 0 Å². The van der Waals surface area contributed by atoms with Gasteiger partial charge in [0.25, 0.3) is 5.91 Å². The number of aromatic hydroxyl groups is 1. The number of hydrogen-bond donors (Lipinski definition) is 2. The summed E-state index contributed by atoms with van der Waals surface area (Å²) in [5.74, 6) is -2.22. The quantitative estimate of drug-likeness (QED) is 0.120. The summed E-state index contributed by atoms with van der Waals surface area (Å²) in [6.07, 6.45) is -8.75. The maximum absolute atomic E-state index is 13.3. The second-order valence-electron chi connectivity index (χ2n) is 8.89. The van der Waals surface area contributed by atoms with Crippen LogP contribution in [0.3, 0.4) is 0 Å². The number of thioether (sulfide) groups is 1. The number of thiocarbonyl (C=S) groups is 1. The molecule has 0 radical (unpaired) electrons. The second-order valence-corrected chi connectivity index (χ2v) is 11.5. The largest absolute Gasteiger partial charge is 0.507 e. The van der Waals surface area contributed by atoms with Gasteiger partial charge >= 0.3 is 18.3 Å². The first-order valence-electron chi connectivity index (χ1n) is 11.9. The van der Waals surface area contributed by atoms with Gasteiger partial charge in [-0.25, -0.2) is 4.79 Å². The van der Waals surface area contributed by atoms with Gasteiger partial charge in [0, 0.05) is 29.6 Å². The highest BCUT2D eigenvalue weighted by molar-refractivity contribution is 8.26. The minimum atomic E-state index is -4.99. The van der Waals surface area contributed by atoms with E-state index >= 15 is 0 Å². The minimum absolute atomic E-state index is 0.0486. The lowest BCUT2D eigenvalue weighted by Gasteiger charge is -2.14. The summed E-state index contributed by atoms with van der Waals surface area (Å²) in [5.41, 5.74) is -2.97. The predicted molar refractivity (Wildman–Crippen MR) is 152 cm³/mol. The molecule has 4 rings (SSSR count). The third kappa shape index (κ3) is 7.55. The molecule has 43 heavy (non-hydrogen) atoms. The van der Waals surface area contributed by atoms with Crippen LogP contribution >= 0.6 is 35.3 Å². The fourth-order valence-electron chi connectivity index (χ4n) is 3.85. The van der Waals surface area contributed by atoms with E-state index in [0.717, 1.165) is 36.3 Å². The lowest BCUT2D eigenvalue weighted by Crippen LogP contribution is -2.31. The van der Waals surface area contributed by atoms with E-state index in [2.05, 4.69) is 10.1 Å². The lowest BCUT2D eigenvalue weighted by atomic mass is 10.0.